The van der Waals surface area contributed by atoms with Crippen molar-refractivity contribution in [1.29, 1.82) is 0 Å². The summed E-state index contributed by atoms with van der Waals surface area (Å²) in [6.45, 7) is 8.50. The van der Waals surface area contributed by atoms with E-state index in [1.54, 1.807) is 0 Å². The highest BCUT2D eigenvalue weighted by Crippen LogP contribution is 2.29. The van der Waals surface area contributed by atoms with Crippen LogP contribution in [0.25, 0.3) is 0 Å². The average Bonchev–Trinajstić information content (AvgIpc) is 3.11. The molecule has 0 aliphatic carbocycles. The van der Waals surface area contributed by atoms with E-state index in [2.05, 4.69) is 58.9 Å². The molecule has 2 aromatic carbocycles. The number of hydrogen-bond acceptors (Lipinski definition) is 4. The number of benzene rings is 2. The van der Waals surface area contributed by atoms with Gasteiger partial charge in [0.25, 0.3) is 0 Å². The number of para-hydroxylation sites is 1. The van der Waals surface area contributed by atoms with Crippen molar-refractivity contribution in [3.05, 3.63) is 58.7 Å². The Morgan fingerprint density at radius 3 is 2.78 bits per heavy atom. The van der Waals surface area contributed by atoms with Gasteiger partial charge in [0.05, 0.1) is 13.2 Å². The number of amides is 1. The fourth-order valence-electron chi connectivity index (χ4n) is 3.85. The molecule has 5 heteroatoms. The number of ether oxygens (including phenoxy) is 1. The van der Waals surface area contributed by atoms with E-state index < -0.39 is 0 Å². The quantitative estimate of drug-likeness (QED) is 0.874. The summed E-state index contributed by atoms with van der Waals surface area (Å²) in [5.41, 5.74) is 6.71. The van der Waals surface area contributed by atoms with Crippen molar-refractivity contribution in [2.45, 2.75) is 32.9 Å². The standard InChI is InChI=1S/C22H27N3O2/c1-15-6-7-17(14-25-8-10-27-11-9-25)12-19(15)24-22(26)20-13-18-5-3-4-16(2)21(18)23-20/h3-7,12,20,23H,8-11,13-14H2,1-2H3,(H,24,26). The molecule has 2 heterocycles. The van der Waals surface area contributed by atoms with Crippen LogP contribution in [-0.2, 0) is 22.5 Å². The topological polar surface area (TPSA) is 53.6 Å². The summed E-state index contributed by atoms with van der Waals surface area (Å²) < 4.78 is 5.42. The zero-order chi connectivity index (χ0) is 18.8. The van der Waals surface area contributed by atoms with Crippen LogP contribution < -0.4 is 10.6 Å². The molecule has 1 unspecified atom stereocenters. The van der Waals surface area contributed by atoms with Gasteiger partial charge in [0, 0.05) is 37.4 Å². The molecule has 1 saturated heterocycles. The first-order valence-electron chi connectivity index (χ1n) is 9.65. The third-order valence-electron chi connectivity index (χ3n) is 5.49. The van der Waals surface area contributed by atoms with Gasteiger partial charge in [-0.25, -0.2) is 0 Å². The van der Waals surface area contributed by atoms with Gasteiger partial charge in [0.1, 0.15) is 6.04 Å². The minimum atomic E-state index is -0.219. The number of aryl methyl sites for hydroxylation is 2. The summed E-state index contributed by atoms with van der Waals surface area (Å²) in [5, 5.41) is 6.53. The third-order valence-corrected chi connectivity index (χ3v) is 5.49. The lowest BCUT2D eigenvalue weighted by Gasteiger charge is -2.27. The van der Waals surface area contributed by atoms with Crippen molar-refractivity contribution < 1.29 is 9.53 Å². The number of anilines is 2. The fourth-order valence-corrected chi connectivity index (χ4v) is 3.85. The van der Waals surface area contributed by atoms with E-state index in [-0.39, 0.29) is 11.9 Å². The Labute approximate surface area is 160 Å². The van der Waals surface area contributed by atoms with Crippen LogP contribution in [-0.4, -0.2) is 43.2 Å². The van der Waals surface area contributed by atoms with Crippen LogP contribution in [0.3, 0.4) is 0 Å². The molecule has 1 atom stereocenters. The molecule has 0 bridgehead atoms. The summed E-state index contributed by atoms with van der Waals surface area (Å²) in [4.78, 5) is 15.2. The predicted molar refractivity (Wildman–Crippen MR) is 108 cm³/mol. The molecule has 142 valence electrons. The van der Waals surface area contributed by atoms with Gasteiger partial charge in [0.2, 0.25) is 5.91 Å². The van der Waals surface area contributed by atoms with Crippen LogP contribution in [0.5, 0.6) is 0 Å². The maximum atomic E-state index is 12.8. The predicted octanol–water partition coefficient (Wildman–Crippen LogP) is 3.11. The Morgan fingerprint density at radius 2 is 2.00 bits per heavy atom. The van der Waals surface area contributed by atoms with Crippen LogP contribution in [0.4, 0.5) is 11.4 Å². The molecule has 5 nitrogen and oxygen atoms in total. The average molecular weight is 365 g/mol. The van der Waals surface area contributed by atoms with Crippen molar-refractivity contribution in [1.82, 2.24) is 4.90 Å². The first-order valence-corrected chi connectivity index (χ1v) is 9.65. The van der Waals surface area contributed by atoms with Crippen molar-refractivity contribution >= 4 is 17.3 Å². The first-order chi connectivity index (χ1) is 13.1. The molecular formula is C22H27N3O2. The Morgan fingerprint density at radius 1 is 1.19 bits per heavy atom. The van der Waals surface area contributed by atoms with Crippen molar-refractivity contribution in [3.63, 3.8) is 0 Å². The summed E-state index contributed by atoms with van der Waals surface area (Å²) in [7, 11) is 0. The van der Waals surface area contributed by atoms with Crippen LogP contribution in [0, 0.1) is 13.8 Å². The maximum absolute atomic E-state index is 12.8. The summed E-state index contributed by atoms with van der Waals surface area (Å²) >= 11 is 0. The molecule has 2 aliphatic heterocycles. The smallest absolute Gasteiger partial charge is 0.247 e. The second-order valence-electron chi connectivity index (χ2n) is 7.54. The van der Waals surface area contributed by atoms with E-state index in [1.165, 1.54) is 16.7 Å². The minimum absolute atomic E-state index is 0.0252. The fraction of sp³-hybridized carbons (Fsp3) is 0.409. The Kier molecular flexibility index (Phi) is 5.14. The highest BCUT2D eigenvalue weighted by atomic mass is 16.5. The van der Waals surface area contributed by atoms with E-state index in [0.29, 0.717) is 0 Å². The Hall–Kier alpha value is -2.37. The third kappa shape index (κ3) is 3.99. The molecule has 0 radical (unpaired) electrons. The molecule has 0 aromatic heterocycles. The van der Waals surface area contributed by atoms with Gasteiger partial charge in [-0.1, -0.05) is 30.3 Å². The summed E-state index contributed by atoms with van der Waals surface area (Å²) in [6.07, 6.45) is 0.732. The molecule has 0 spiro atoms. The zero-order valence-corrected chi connectivity index (χ0v) is 16.0. The molecule has 0 saturated carbocycles. The number of nitrogens with zero attached hydrogens (tertiary/aromatic N) is 1. The van der Waals surface area contributed by atoms with E-state index >= 15 is 0 Å². The lowest BCUT2D eigenvalue weighted by Crippen LogP contribution is -2.35. The van der Waals surface area contributed by atoms with Gasteiger partial charge in [-0.2, -0.15) is 0 Å². The number of fused-ring (bicyclic) bond motifs is 1. The van der Waals surface area contributed by atoms with E-state index in [0.717, 1.165) is 56.2 Å². The molecule has 2 aliphatic rings. The van der Waals surface area contributed by atoms with E-state index in [4.69, 9.17) is 4.74 Å². The second-order valence-corrected chi connectivity index (χ2v) is 7.54. The summed E-state index contributed by atoms with van der Waals surface area (Å²) in [5.74, 6) is 0.0252. The minimum Gasteiger partial charge on any atom is -0.379 e. The molecule has 1 fully saturated rings. The van der Waals surface area contributed by atoms with Crippen molar-refractivity contribution in [3.8, 4) is 0 Å². The van der Waals surface area contributed by atoms with E-state index in [9.17, 15) is 4.79 Å². The molecule has 2 aromatic rings. The maximum Gasteiger partial charge on any atom is 0.247 e. The van der Waals surface area contributed by atoms with Crippen molar-refractivity contribution in [2.75, 3.05) is 36.9 Å². The summed E-state index contributed by atoms with van der Waals surface area (Å²) in [6, 6.07) is 12.3. The molecular weight excluding hydrogens is 338 g/mol. The van der Waals surface area contributed by atoms with Gasteiger partial charge < -0.3 is 15.4 Å². The largest absolute Gasteiger partial charge is 0.379 e. The second kappa shape index (κ2) is 7.71. The Balaban J connectivity index is 1.43. The van der Waals surface area contributed by atoms with Gasteiger partial charge in [-0.15, -0.1) is 0 Å². The van der Waals surface area contributed by atoms with Crippen molar-refractivity contribution in [2.24, 2.45) is 0 Å². The molecule has 1 amide bonds. The van der Waals surface area contributed by atoms with E-state index in [1.807, 2.05) is 6.92 Å². The van der Waals surface area contributed by atoms with Crippen LogP contribution >= 0.6 is 0 Å². The number of carbonyl (C=O) groups excluding carboxylic acids is 1. The molecule has 27 heavy (non-hydrogen) atoms. The van der Waals surface area contributed by atoms with Gasteiger partial charge >= 0.3 is 0 Å². The molecule has 4 rings (SSSR count). The van der Waals surface area contributed by atoms with Gasteiger partial charge in [0.15, 0.2) is 0 Å². The first kappa shape index (κ1) is 18.0. The van der Waals surface area contributed by atoms with Gasteiger partial charge in [-0.05, 0) is 42.2 Å². The lowest BCUT2D eigenvalue weighted by molar-refractivity contribution is -0.116. The lowest BCUT2D eigenvalue weighted by atomic mass is 10.1. The molecule has 2 N–H and O–H groups in total. The highest BCUT2D eigenvalue weighted by molar-refractivity contribution is 5.98. The number of hydrogen-bond donors (Lipinski definition) is 2. The number of nitrogens with one attached hydrogen (secondary N) is 2. The Bertz CT molecular complexity index is 843. The SMILES string of the molecule is Cc1ccc(CN2CCOCC2)cc1NC(=O)C1Cc2cccc(C)c2N1. The number of carbonyl (C=O) groups is 1. The van der Waals surface area contributed by atoms with Crippen LogP contribution in [0.1, 0.15) is 22.3 Å². The number of morpholine rings is 1. The monoisotopic (exact) mass is 365 g/mol. The highest BCUT2D eigenvalue weighted by Gasteiger charge is 2.27. The normalized spacial score (nSPS) is 19.4. The van der Waals surface area contributed by atoms with Crippen LogP contribution in [0.15, 0.2) is 36.4 Å². The van der Waals surface area contributed by atoms with Crippen LogP contribution in [0.2, 0.25) is 0 Å². The number of rotatable bonds is 4. The zero-order valence-electron chi connectivity index (χ0n) is 16.0. The van der Waals surface area contributed by atoms with Gasteiger partial charge in [-0.3, -0.25) is 9.69 Å².